The van der Waals surface area contributed by atoms with Crippen LogP contribution in [0.5, 0.6) is 11.5 Å². The second kappa shape index (κ2) is 4.06. The van der Waals surface area contributed by atoms with Crippen LogP contribution in [0.15, 0.2) is 24.2 Å². The molecule has 5 rings (SSSR count). The number of aliphatic hydroxyl groups excluding tert-OH is 1. The largest absolute Gasteiger partial charge is 0.493 e. The zero-order chi connectivity index (χ0) is 20.0. The number of likely N-dealkylation sites (tertiary alicyclic amines) is 1. The minimum absolute atomic E-state index is 0.00160. The van der Waals surface area contributed by atoms with E-state index in [4.69, 9.17) is 22.9 Å². The van der Waals surface area contributed by atoms with Crippen molar-refractivity contribution < 1.29 is 21.4 Å². The van der Waals surface area contributed by atoms with Gasteiger partial charge in [0.05, 0.1) is 13.9 Å². The Kier molecular flexibility index (Phi) is 1.54. The van der Waals surface area contributed by atoms with Crippen LogP contribution >= 0.6 is 0 Å². The Labute approximate surface area is 138 Å². The number of hydrogen-bond donors (Lipinski definition) is 1. The highest BCUT2D eigenvalue weighted by atomic mass is 16.5. The lowest BCUT2D eigenvalue weighted by atomic mass is 9.53. The summed E-state index contributed by atoms with van der Waals surface area (Å²) in [5.41, 5.74) is 1.02. The van der Waals surface area contributed by atoms with Crippen LogP contribution in [0, 0.1) is 5.92 Å². The van der Waals surface area contributed by atoms with Crippen molar-refractivity contribution in [1.82, 2.24) is 4.90 Å². The van der Waals surface area contributed by atoms with E-state index in [2.05, 4.69) is 18.0 Å². The minimum atomic E-state index is -2.76. The van der Waals surface area contributed by atoms with E-state index in [0.717, 1.165) is 24.1 Å². The van der Waals surface area contributed by atoms with Crippen LogP contribution in [0.25, 0.3) is 0 Å². The molecule has 0 radical (unpaired) electrons. The van der Waals surface area contributed by atoms with Gasteiger partial charge in [-0.3, -0.25) is 0 Å². The third-order valence-corrected chi connectivity index (χ3v) is 6.06. The molecule has 2 unspecified atom stereocenters. The Hall–Kier alpha value is -1.52. The number of methoxy groups -OCH3 is 1. The maximum atomic E-state index is 8.57. The summed E-state index contributed by atoms with van der Waals surface area (Å²) < 4.78 is 58.3. The summed E-state index contributed by atoms with van der Waals surface area (Å²) in [7, 11) is -0.693. The summed E-state index contributed by atoms with van der Waals surface area (Å²) in [6.45, 7) is 0.823. The molecule has 2 bridgehead atoms. The van der Waals surface area contributed by atoms with E-state index in [1.54, 1.807) is 0 Å². The first-order valence-electron chi connectivity index (χ1n) is 10.6. The smallest absolute Gasteiger partial charge is 0.211 e. The third-order valence-electron chi connectivity index (χ3n) is 6.06. The number of benzene rings is 1. The van der Waals surface area contributed by atoms with Crippen molar-refractivity contribution in [2.24, 2.45) is 5.92 Å². The molecule has 1 saturated heterocycles. The topological polar surface area (TPSA) is 41.9 Å². The van der Waals surface area contributed by atoms with Gasteiger partial charge in [-0.25, -0.2) is 0 Å². The fourth-order valence-electron chi connectivity index (χ4n) is 5.12. The average Bonchev–Trinajstić information content (AvgIpc) is 2.97. The molecule has 4 heteroatoms. The molecule has 2 aliphatic carbocycles. The van der Waals surface area contributed by atoms with Gasteiger partial charge in [0.15, 0.2) is 11.5 Å². The van der Waals surface area contributed by atoms with E-state index >= 15 is 0 Å². The standard InChI is InChI=1S/C18H21NO3/c1-19-8-7-18-11-4-5-13(20)17(18)22-16-14(21-2)6-3-10(15(16)18)9-12(11)19/h3-6,11-13,17,20H,7-9H2,1-2H3/t11-,12+,13?,17?,18-/m0/s1/i2D3,3D,6D,20D. The molecule has 116 valence electrons. The lowest BCUT2D eigenvalue weighted by Crippen LogP contribution is -2.64. The zero-order valence-electron chi connectivity index (χ0n) is 18.3. The molecular weight excluding hydrogens is 278 g/mol. The number of rotatable bonds is 2. The summed E-state index contributed by atoms with van der Waals surface area (Å²) >= 11 is 0. The van der Waals surface area contributed by atoms with Gasteiger partial charge in [-0.05, 0) is 38.0 Å². The first-order chi connectivity index (χ1) is 13.2. The van der Waals surface area contributed by atoms with Crippen molar-refractivity contribution in [1.29, 1.82) is 1.43 Å². The molecule has 2 aliphatic heterocycles. The number of likely N-dealkylation sites (N-methyl/N-ethyl adjacent to an activating group) is 1. The maximum absolute atomic E-state index is 8.57. The summed E-state index contributed by atoms with van der Waals surface area (Å²) in [5.74, 6) is 0.149. The molecular formula is C18H21NO3. The fraction of sp³-hybridized carbons (Fsp3) is 0.556. The molecule has 2 heterocycles. The Morgan fingerprint density at radius 2 is 2.50 bits per heavy atom. The Bertz CT molecular complexity index is 887. The molecule has 1 spiro atoms. The van der Waals surface area contributed by atoms with Crippen LogP contribution in [0.3, 0.4) is 0 Å². The molecule has 1 aromatic rings. The van der Waals surface area contributed by atoms with Crippen molar-refractivity contribution >= 4 is 0 Å². The van der Waals surface area contributed by atoms with Gasteiger partial charge >= 0.3 is 0 Å². The second-order valence-corrected chi connectivity index (χ2v) is 6.82. The molecule has 5 atom stereocenters. The predicted octanol–water partition coefficient (Wildman–Crippen LogP) is 1.50. The van der Waals surface area contributed by atoms with E-state index in [1.807, 2.05) is 6.08 Å². The van der Waals surface area contributed by atoms with Crippen molar-refractivity contribution in [2.75, 3.05) is 20.6 Å². The van der Waals surface area contributed by atoms with E-state index < -0.39 is 24.7 Å². The van der Waals surface area contributed by atoms with Crippen molar-refractivity contribution in [3.8, 4) is 11.5 Å². The highest BCUT2D eigenvalue weighted by molar-refractivity contribution is 5.62. The van der Waals surface area contributed by atoms with Crippen LogP contribution in [0.4, 0.5) is 0 Å². The van der Waals surface area contributed by atoms with Gasteiger partial charge in [0.2, 0.25) is 1.43 Å². The first-order valence-corrected chi connectivity index (χ1v) is 7.71. The van der Waals surface area contributed by atoms with Crippen LogP contribution < -0.4 is 9.47 Å². The summed E-state index contributed by atoms with van der Waals surface area (Å²) in [6, 6.07) is -0.118. The van der Waals surface area contributed by atoms with Crippen LogP contribution in [0.1, 0.15) is 24.4 Å². The molecule has 4 aliphatic rings. The van der Waals surface area contributed by atoms with Crippen LogP contribution in [0.2, 0.25) is 0 Å². The van der Waals surface area contributed by atoms with E-state index in [1.165, 1.54) is 0 Å². The molecule has 22 heavy (non-hydrogen) atoms. The number of nitrogens with zero attached hydrogens (tertiary/aromatic N) is 1. The molecule has 0 saturated carbocycles. The van der Waals surface area contributed by atoms with Crippen molar-refractivity contribution in [2.45, 2.75) is 36.5 Å². The van der Waals surface area contributed by atoms with E-state index in [9.17, 15) is 0 Å². The number of piperidine rings is 1. The van der Waals surface area contributed by atoms with Gasteiger partial charge in [-0.15, -0.1) is 0 Å². The first kappa shape index (κ1) is 8.37. The van der Waals surface area contributed by atoms with Crippen molar-refractivity contribution in [3.63, 3.8) is 0 Å². The predicted molar refractivity (Wildman–Crippen MR) is 82.5 cm³/mol. The number of ether oxygens (including phenoxy) is 2. The quantitative estimate of drug-likeness (QED) is 0.841. The summed E-state index contributed by atoms with van der Waals surface area (Å²) in [4.78, 5) is 2.27. The third kappa shape index (κ3) is 1.28. The van der Waals surface area contributed by atoms with Crippen LogP contribution in [-0.2, 0) is 11.8 Å². The number of aliphatic hydroxyl groups is 1. The Morgan fingerprint density at radius 3 is 3.36 bits per heavy atom. The highest BCUT2D eigenvalue weighted by Crippen LogP contribution is 2.62. The summed E-state index contributed by atoms with van der Waals surface area (Å²) in [5, 5.41) is 4.94. The Morgan fingerprint density at radius 1 is 1.55 bits per heavy atom. The lowest BCUT2D eigenvalue weighted by Gasteiger charge is -2.56. The molecule has 4 nitrogen and oxygen atoms in total. The average molecular weight is 305 g/mol. The minimum Gasteiger partial charge on any atom is -0.493 e. The van der Waals surface area contributed by atoms with E-state index in [0.29, 0.717) is 6.42 Å². The molecule has 1 aromatic carbocycles. The zero-order valence-corrected chi connectivity index (χ0v) is 12.3. The normalized spacial score (nSPS) is 45.5. The Balaban J connectivity index is 1.80. The van der Waals surface area contributed by atoms with Gasteiger partial charge in [-0.1, -0.05) is 18.2 Å². The van der Waals surface area contributed by atoms with Gasteiger partial charge in [0.1, 0.15) is 12.2 Å². The van der Waals surface area contributed by atoms with Gasteiger partial charge in [-0.2, -0.15) is 0 Å². The highest BCUT2D eigenvalue weighted by Gasteiger charge is 2.64. The monoisotopic (exact) mass is 305 g/mol. The van der Waals surface area contributed by atoms with Gasteiger partial charge in [0, 0.05) is 22.9 Å². The van der Waals surface area contributed by atoms with Crippen LogP contribution in [-0.4, -0.2) is 50.3 Å². The lowest BCUT2D eigenvalue weighted by molar-refractivity contribution is -0.0453. The van der Waals surface area contributed by atoms with Gasteiger partial charge in [0.25, 0.3) is 0 Å². The molecule has 0 aromatic heterocycles. The van der Waals surface area contributed by atoms with Crippen molar-refractivity contribution in [3.05, 3.63) is 35.4 Å². The molecule has 1 fully saturated rings. The summed E-state index contributed by atoms with van der Waals surface area (Å²) in [6.07, 6.45) is 4.14. The molecule has 0 amide bonds. The van der Waals surface area contributed by atoms with E-state index in [-0.39, 0.29) is 35.5 Å². The number of hydrogen-bond acceptors (Lipinski definition) is 4. The van der Waals surface area contributed by atoms with Gasteiger partial charge < -0.3 is 19.5 Å². The second-order valence-electron chi connectivity index (χ2n) is 6.82. The SMILES string of the molecule is [2H]OC1C=C[C@H]2[C@H]3Cc4c([2H])c([2H])c(OC([2H])([2H])[2H])c5c4[C@@]2(CCN3C)C1O5. The maximum Gasteiger partial charge on any atom is 0.211 e. The fourth-order valence-corrected chi connectivity index (χ4v) is 5.12. The molecule has 1 N–H and O–H groups in total.